The fourth-order valence-electron chi connectivity index (χ4n) is 5.14. The number of piperazine rings is 1. The lowest BCUT2D eigenvalue weighted by Gasteiger charge is -2.51. The van der Waals surface area contributed by atoms with E-state index in [-0.39, 0.29) is 11.1 Å². The monoisotopic (exact) mass is 424 g/mol. The fraction of sp³-hybridized carbons (Fsp3) is 0.609. The molecule has 8 heteroatoms. The maximum absolute atomic E-state index is 12.9. The first-order valence-electron chi connectivity index (χ1n) is 11.2. The molecule has 3 aliphatic heterocycles. The first-order chi connectivity index (χ1) is 14.7. The van der Waals surface area contributed by atoms with E-state index in [4.69, 9.17) is 9.51 Å². The van der Waals surface area contributed by atoms with Crippen molar-refractivity contribution in [3.63, 3.8) is 0 Å². The van der Waals surface area contributed by atoms with Crippen LogP contribution in [0, 0.1) is 12.3 Å². The highest BCUT2D eigenvalue weighted by atomic mass is 16.5. The second kappa shape index (κ2) is 7.22. The Bertz CT molecular complexity index is 1170. The van der Waals surface area contributed by atoms with Gasteiger partial charge in [-0.3, -0.25) is 14.0 Å². The molecule has 0 amide bonds. The van der Waals surface area contributed by atoms with Gasteiger partial charge in [-0.2, -0.15) is 0 Å². The Balaban J connectivity index is 1.40. The number of fused-ring (bicyclic) bond motifs is 4. The second-order valence-corrected chi connectivity index (χ2v) is 10.4. The molecule has 3 fully saturated rings. The summed E-state index contributed by atoms with van der Waals surface area (Å²) in [7, 11) is 1.82. The van der Waals surface area contributed by atoms with E-state index in [1.165, 1.54) is 12.8 Å². The van der Waals surface area contributed by atoms with Crippen molar-refractivity contribution in [3.8, 4) is 0 Å². The minimum absolute atomic E-state index is 0.00354. The molecule has 0 spiro atoms. The first-order valence-corrected chi connectivity index (χ1v) is 11.2. The molecule has 0 aliphatic carbocycles. The van der Waals surface area contributed by atoms with E-state index in [1.807, 2.05) is 24.6 Å². The Labute approximate surface area is 182 Å². The zero-order chi connectivity index (χ0) is 21.9. The molecule has 0 radical (unpaired) electrons. The van der Waals surface area contributed by atoms with Gasteiger partial charge in [-0.05, 0) is 37.3 Å². The quantitative estimate of drug-likeness (QED) is 0.641. The van der Waals surface area contributed by atoms with Crippen LogP contribution in [-0.2, 0) is 20.1 Å². The topological polar surface area (TPSA) is 72.3 Å². The van der Waals surface area contributed by atoms with Crippen molar-refractivity contribution in [1.29, 1.82) is 0 Å². The van der Waals surface area contributed by atoms with E-state index in [0.29, 0.717) is 18.6 Å². The SMILES string of the molecule is Cc1cc(CN2CC3CCC2CN3c2ccc3c(n2)n(C)c(=O)n3CC(C)(C)C)no1. The Morgan fingerprint density at radius 1 is 1.16 bits per heavy atom. The number of aromatic nitrogens is 4. The van der Waals surface area contributed by atoms with Gasteiger partial charge in [0.25, 0.3) is 0 Å². The highest BCUT2D eigenvalue weighted by Gasteiger charge is 2.39. The summed E-state index contributed by atoms with van der Waals surface area (Å²) in [6.07, 6.45) is 2.36. The maximum Gasteiger partial charge on any atom is 0.330 e. The van der Waals surface area contributed by atoms with Gasteiger partial charge in [0.05, 0.1) is 11.2 Å². The number of nitrogens with zero attached hydrogens (tertiary/aromatic N) is 6. The molecule has 8 nitrogen and oxygen atoms in total. The molecular formula is C23H32N6O2. The van der Waals surface area contributed by atoms with Crippen LogP contribution in [0.15, 0.2) is 27.5 Å². The summed E-state index contributed by atoms with van der Waals surface area (Å²) in [6, 6.07) is 7.10. The van der Waals surface area contributed by atoms with E-state index in [9.17, 15) is 4.79 Å². The molecule has 31 heavy (non-hydrogen) atoms. The number of aryl methyl sites for hydroxylation is 2. The average Bonchev–Trinajstić information content (AvgIpc) is 3.23. The Kier molecular flexibility index (Phi) is 4.73. The van der Waals surface area contributed by atoms with Crippen LogP contribution in [0.2, 0.25) is 0 Å². The second-order valence-electron chi connectivity index (χ2n) is 10.4. The Hall–Kier alpha value is -2.61. The van der Waals surface area contributed by atoms with Gasteiger partial charge in [0.2, 0.25) is 0 Å². The van der Waals surface area contributed by atoms with Crippen LogP contribution in [0.4, 0.5) is 5.82 Å². The molecule has 3 saturated heterocycles. The van der Waals surface area contributed by atoms with E-state index >= 15 is 0 Å². The third-order valence-corrected chi connectivity index (χ3v) is 6.58. The predicted molar refractivity (Wildman–Crippen MR) is 120 cm³/mol. The lowest BCUT2D eigenvalue weighted by Crippen LogP contribution is -2.62. The van der Waals surface area contributed by atoms with Gasteiger partial charge in [-0.25, -0.2) is 9.78 Å². The number of piperidine rings is 2. The third-order valence-electron chi connectivity index (χ3n) is 6.58. The molecule has 2 unspecified atom stereocenters. The van der Waals surface area contributed by atoms with Crippen LogP contribution in [0.3, 0.4) is 0 Å². The van der Waals surface area contributed by atoms with Gasteiger partial charge in [0, 0.05) is 51.4 Å². The molecule has 3 aromatic heterocycles. The van der Waals surface area contributed by atoms with Crippen LogP contribution in [0.5, 0.6) is 0 Å². The van der Waals surface area contributed by atoms with Gasteiger partial charge in [0.15, 0.2) is 5.65 Å². The molecule has 6 rings (SSSR count). The lowest BCUT2D eigenvalue weighted by atomic mass is 9.90. The molecule has 0 N–H and O–H groups in total. The van der Waals surface area contributed by atoms with Crippen molar-refractivity contribution in [3.05, 3.63) is 40.1 Å². The van der Waals surface area contributed by atoms with Crippen molar-refractivity contribution >= 4 is 17.0 Å². The maximum atomic E-state index is 12.9. The van der Waals surface area contributed by atoms with E-state index < -0.39 is 0 Å². The summed E-state index contributed by atoms with van der Waals surface area (Å²) in [4.78, 5) is 22.8. The largest absolute Gasteiger partial charge is 0.361 e. The zero-order valence-electron chi connectivity index (χ0n) is 19.1. The molecule has 0 saturated carbocycles. The number of rotatable bonds is 4. The lowest BCUT2D eigenvalue weighted by molar-refractivity contribution is 0.0862. The summed E-state index contributed by atoms with van der Waals surface area (Å²) >= 11 is 0. The minimum atomic E-state index is 0.00354. The summed E-state index contributed by atoms with van der Waals surface area (Å²) in [6.45, 7) is 11.9. The third kappa shape index (κ3) is 3.67. The normalized spacial score (nSPS) is 22.0. The summed E-state index contributed by atoms with van der Waals surface area (Å²) in [5, 5.41) is 4.17. The van der Waals surface area contributed by atoms with Gasteiger partial charge >= 0.3 is 5.69 Å². The van der Waals surface area contributed by atoms with E-state index in [0.717, 1.165) is 48.1 Å². The van der Waals surface area contributed by atoms with Gasteiger partial charge < -0.3 is 9.42 Å². The highest BCUT2D eigenvalue weighted by molar-refractivity contribution is 5.74. The summed E-state index contributed by atoms with van der Waals surface area (Å²) in [5.41, 5.74) is 2.71. The van der Waals surface area contributed by atoms with Gasteiger partial charge in [-0.1, -0.05) is 25.9 Å². The van der Waals surface area contributed by atoms with E-state index in [1.54, 1.807) is 4.57 Å². The van der Waals surface area contributed by atoms with Crippen molar-refractivity contribution in [2.75, 3.05) is 18.0 Å². The van der Waals surface area contributed by atoms with Gasteiger partial charge in [-0.15, -0.1) is 0 Å². The summed E-state index contributed by atoms with van der Waals surface area (Å²) in [5.74, 6) is 1.84. The smallest absolute Gasteiger partial charge is 0.330 e. The van der Waals surface area contributed by atoms with Gasteiger partial charge in [0.1, 0.15) is 11.6 Å². The van der Waals surface area contributed by atoms with Crippen molar-refractivity contribution in [2.45, 2.75) is 65.7 Å². The predicted octanol–water partition coefficient (Wildman–Crippen LogP) is 2.93. The molecule has 6 heterocycles. The van der Waals surface area contributed by atoms with Crippen LogP contribution in [0.1, 0.15) is 45.1 Å². The molecular weight excluding hydrogens is 392 g/mol. The molecule has 2 bridgehead atoms. The number of pyridine rings is 1. The molecule has 3 aromatic rings. The fourth-order valence-corrected chi connectivity index (χ4v) is 5.14. The Morgan fingerprint density at radius 3 is 2.58 bits per heavy atom. The Morgan fingerprint density at radius 2 is 1.94 bits per heavy atom. The van der Waals surface area contributed by atoms with Crippen LogP contribution >= 0.6 is 0 Å². The standard InChI is InChI=1S/C23H32N6O2/c1-15-10-16(25-31-15)11-27-12-18-7-6-17(27)13-28(18)20-9-8-19-21(24-20)26(5)22(30)29(19)14-23(2,3)4/h8-10,17-18H,6-7,11-14H2,1-5H3. The first kappa shape index (κ1) is 20.3. The molecule has 2 atom stereocenters. The van der Waals surface area contributed by atoms with Crippen LogP contribution in [-0.4, -0.2) is 49.3 Å². The number of anilines is 1. The summed E-state index contributed by atoms with van der Waals surface area (Å²) < 4.78 is 8.79. The zero-order valence-corrected chi connectivity index (χ0v) is 19.1. The average molecular weight is 425 g/mol. The number of imidazole rings is 1. The van der Waals surface area contributed by atoms with Crippen LogP contribution in [0.25, 0.3) is 11.2 Å². The minimum Gasteiger partial charge on any atom is -0.361 e. The number of hydrogen-bond acceptors (Lipinski definition) is 6. The van der Waals surface area contributed by atoms with Crippen molar-refractivity contribution < 1.29 is 4.52 Å². The molecule has 0 aromatic carbocycles. The van der Waals surface area contributed by atoms with Crippen molar-refractivity contribution in [2.24, 2.45) is 12.5 Å². The number of hydrogen-bond donors (Lipinski definition) is 0. The van der Waals surface area contributed by atoms with Crippen molar-refractivity contribution in [1.82, 2.24) is 24.2 Å². The highest BCUT2D eigenvalue weighted by Crippen LogP contribution is 2.33. The van der Waals surface area contributed by atoms with Crippen LogP contribution < -0.4 is 10.6 Å². The molecule has 166 valence electrons. The molecule has 3 aliphatic rings. The van der Waals surface area contributed by atoms with E-state index in [2.05, 4.69) is 47.9 Å².